The Bertz CT molecular complexity index is 1150. The predicted octanol–water partition coefficient (Wildman–Crippen LogP) is 5.20. The van der Waals surface area contributed by atoms with Gasteiger partial charge in [0.1, 0.15) is 17.5 Å². The van der Waals surface area contributed by atoms with E-state index in [1.165, 1.54) is 24.3 Å². The average molecular weight is 530 g/mol. The number of rotatable bonds is 4. The predicted molar refractivity (Wildman–Crippen MR) is 142 cm³/mol. The molecule has 0 bridgehead atoms. The molecule has 38 heavy (non-hydrogen) atoms. The molecule has 5 nitrogen and oxygen atoms in total. The minimum atomic E-state index is -0.616. The molecule has 0 unspecified atom stereocenters. The molecule has 206 valence electrons. The largest absolute Gasteiger partial charge is 0.375 e. The summed E-state index contributed by atoms with van der Waals surface area (Å²) in [5.74, 6) is -2.24. The Morgan fingerprint density at radius 3 is 2.21 bits per heavy atom. The van der Waals surface area contributed by atoms with Crippen LogP contribution in [0.25, 0.3) is 0 Å². The number of hydrogen-bond donors (Lipinski definition) is 0. The van der Waals surface area contributed by atoms with E-state index >= 15 is 4.39 Å². The number of benzene rings is 2. The van der Waals surface area contributed by atoms with Gasteiger partial charge in [0.05, 0.1) is 11.5 Å². The molecule has 1 amide bonds. The van der Waals surface area contributed by atoms with Crippen molar-refractivity contribution < 1.29 is 22.7 Å². The fourth-order valence-electron chi connectivity index (χ4n) is 6.87. The molecule has 3 aliphatic rings. The lowest BCUT2D eigenvalue weighted by Gasteiger charge is -2.46. The van der Waals surface area contributed by atoms with E-state index in [4.69, 9.17) is 4.74 Å². The molecule has 3 fully saturated rings. The maximum absolute atomic E-state index is 15.0. The molecule has 0 aromatic heterocycles. The second-order valence-electron chi connectivity index (χ2n) is 11.9. The van der Waals surface area contributed by atoms with Gasteiger partial charge >= 0.3 is 0 Å². The van der Waals surface area contributed by atoms with Crippen molar-refractivity contribution in [2.24, 2.45) is 5.92 Å². The van der Waals surface area contributed by atoms with Crippen molar-refractivity contribution in [1.29, 1.82) is 0 Å². The van der Waals surface area contributed by atoms with Gasteiger partial charge < -0.3 is 14.5 Å². The van der Waals surface area contributed by atoms with Crippen molar-refractivity contribution in [3.8, 4) is 0 Å². The molecule has 5 atom stereocenters. The molecule has 0 saturated carbocycles. The maximum Gasteiger partial charge on any atom is 0.227 e. The second-order valence-corrected chi connectivity index (χ2v) is 11.9. The van der Waals surface area contributed by atoms with Crippen molar-refractivity contribution in [2.45, 2.75) is 70.2 Å². The van der Waals surface area contributed by atoms with Gasteiger partial charge in [-0.15, -0.1) is 0 Å². The van der Waals surface area contributed by atoms with Crippen molar-refractivity contribution in [3.63, 3.8) is 0 Å². The molecule has 0 radical (unpaired) electrons. The zero-order valence-corrected chi connectivity index (χ0v) is 22.7. The third-order valence-corrected chi connectivity index (χ3v) is 8.57. The van der Waals surface area contributed by atoms with E-state index in [-0.39, 0.29) is 41.4 Å². The van der Waals surface area contributed by atoms with Crippen LogP contribution in [0, 0.1) is 23.4 Å². The number of halogens is 3. The van der Waals surface area contributed by atoms with Gasteiger partial charge in [0, 0.05) is 68.6 Å². The average Bonchev–Trinajstić information content (AvgIpc) is 3.29. The third kappa shape index (κ3) is 5.43. The fraction of sp³-hybridized carbons (Fsp3) is 0.567. The number of nitrogens with zero attached hydrogens (tertiary/aromatic N) is 3. The zero-order chi connectivity index (χ0) is 27.2. The molecule has 0 spiro atoms. The van der Waals surface area contributed by atoms with Crippen molar-refractivity contribution in [2.75, 3.05) is 37.7 Å². The SMILES string of the molecule is C[C@@H]1CN(C(=O)[C@@H]2CN([C@H]3CCOC(C)(C)C3)C[C@H]2c2ccc(F)cc2F)C[C@H](C)N1c1ccc(F)cc1. The van der Waals surface area contributed by atoms with E-state index in [0.29, 0.717) is 38.3 Å². The number of piperazine rings is 1. The standard InChI is InChI=1S/C30H38F3N3O2/c1-19-15-35(16-20(2)36(19)23-8-5-21(31)6-9-23)29(37)27-18-34(24-11-12-38-30(3,4)14-24)17-26(27)25-10-7-22(32)13-28(25)33/h5-10,13,19-20,24,26-27H,11-12,14-18H2,1-4H3/t19-,20+,24-,26-,27+/m0/s1. The van der Waals surface area contributed by atoms with Crippen LogP contribution in [0.4, 0.5) is 18.9 Å². The fourth-order valence-corrected chi connectivity index (χ4v) is 6.87. The molecule has 3 saturated heterocycles. The van der Waals surface area contributed by atoms with Gasteiger partial charge in [-0.25, -0.2) is 13.2 Å². The first-order valence-corrected chi connectivity index (χ1v) is 13.7. The smallest absolute Gasteiger partial charge is 0.227 e. The van der Waals surface area contributed by atoms with Crippen molar-refractivity contribution in [1.82, 2.24) is 9.80 Å². The van der Waals surface area contributed by atoms with Crippen LogP contribution in [0.5, 0.6) is 0 Å². The number of ether oxygens (including phenoxy) is 1. The Kier molecular flexibility index (Phi) is 7.48. The Morgan fingerprint density at radius 2 is 1.58 bits per heavy atom. The summed E-state index contributed by atoms with van der Waals surface area (Å²) in [6, 6.07) is 10.5. The summed E-state index contributed by atoms with van der Waals surface area (Å²) >= 11 is 0. The number of amides is 1. The highest BCUT2D eigenvalue weighted by Crippen LogP contribution is 2.40. The topological polar surface area (TPSA) is 36.0 Å². The normalized spacial score (nSPS) is 30.0. The summed E-state index contributed by atoms with van der Waals surface area (Å²) in [6.45, 7) is 11.1. The summed E-state index contributed by atoms with van der Waals surface area (Å²) in [4.78, 5) is 20.6. The Balaban J connectivity index is 1.38. The molecule has 0 aliphatic carbocycles. The van der Waals surface area contributed by atoms with Crippen LogP contribution in [-0.2, 0) is 9.53 Å². The van der Waals surface area contributed by atoms with Gasteiger partial charge in [-0.2, -0.15) is 0 Å². The van der Waals surface area contributed by atoms with E-state index in [0.717, 1.165) is 24.6 Å². The monoisotopic (exact) mass is 529 g/mol. The highest BCUT2D eigenvalue weighted by molar-refractivity contribution is 5.81. The van der Waals surface area contributed by atoms with Gasteiger partial charge in [0.2, 0.25) is 5.91 Å². The lowest BCUT2D eigenvalue weighted by atomic mass is 9.87. The van der Waals surface area contributed by atoms with E-state index in [1.54, 1.807) is 12.1 Å². The molecule has 8 heteroatoms. The minimum absolute atomic E-state index is 0.0185. The molecule has 3 aliphatic heterocycles. The molecule has 2 aromatic rings. The quantitative estimate of drug-likeness (QED) is 0.546. The van der Waals surface area contributed by atoms with Gasteiger partial charge in [0.15, 0.2) is 0 Å². The number of likely N-dealkylation sites (tertiary alicyclic amines) is 1. The summed E-state index contributed by atoms with van der Waals surface area (Å²) in [7, 11) is 0. The van der Waals surface area contributed by atoms with Gasteiger partial charge in [-0.05, 0) is 76.4 Å². The van der Waals surface area contributed by atoms with E-state index in [1.807, 2.05) is 4.90 Å². The van der Waals surface area contributed by atoms with Gasteiger partial charge in [-0.3, -0.25) is 9.69 Å². The lowest BCUT2D eigenvalue weighted by Crippen LogP contribution is -2.59. The zero-order valence-electron chi connectivity index (χ0n) is 22.7. The Labute approximate surface area is 223 Å². The second kappa shape index (κ2) is 10.5. The van der Waals surface area contributed by atoms with Gasteiger partial charge in [-0.1, -0.05) is 6.07 Å². The van der Waals surface area contributed by atoms with Crippen molar-refractivity contribution >= 4 is 11.6 Å². The van der Waals surface area contributed by atoms with Crippen LogP contribution in [0.15, 0.2) is 42.5 Å². The molecule has 3 heterocycles. The highest BCUT2D eigenvalue weighted by atomic mass is 19.1. The summed E-state index contributed by atoms with van der Waals surface area (Å²) in [5, 5.41) is 0. The minimum Gasteiger partial charge on any atom is -0.375 e. The number of anilines is 1. The van der Waals surface area contributed by atoms with Crippen LogP contribution >= 0.6 is 0 Å². The van der Waals surface area contributed by atoms with Crippen LogP contribution in [0.1, 0.15) is 52.0 Å². The van der Waals surface area contributed by atoms with E-state index in [9.17, 15) is 13.6 Å². The summed E-state index contributed by atoms with van der Waals surface area (Å²) < 4.78 is 48.2. The number of hydrogen-bond acceptors (Lipinski definition) is 4. The first-order valence-electron chi connectivity index (χ1n) is 13.7. The molecule has 2 aromatic carbocycles. The van der Waals surface area contributed by atoms with Gasteiger partial charge in [0.25, 0.3) is 0 Å². The first kappa shape index (κ1) is 27.0. The maximum atomic E-state index is 15.0. The van der Waals surface area contributed by atoms with E-state index in [2.05, 4.69) is 37.5 Å². The van der Waals surface area contributed by atoms with Crippen molar-refractivity contribution in [3.05, 3.63) is 65.5 Å². The highest BCUT2D eigenvalue weighted by Gasteiger charge is 2.46. The van der Waals surface area contributed by atoms with Crippen LogP contribution < -0.4 is 4.90 Å². The molecular formula is C30H38F3N3O2. The summed E-state index contributed by atoms with van der Waals surface area (Å²) in [6.07, 6.45) is 1.71. The molecular weight excluding hydrogens is 491 g/mol. The molecule has 5 rings (SSSR count). The number of carbonyl (C=O) groups excluding carboxylic acids is 1. The van der Waals surface area contributed by atoms with E-state index < -0.39 is 17.6 Å². The lowest BCUT2D eigenvalue weighted by molar-refractivity contribution is -0.137. The van der Waals surface area contributed by atoms with Crippen LogP contribution in [-0.4, -0.2) is 72.2 Å². The van der Waals surface area contributed by atoms with Crippen LogP contribution in [0.2, 0.25) is 0 Å². The first-order chi connectivity index (χ1) is 18.0. The summed E-state index contributed by atoms with van der Waals surface area (Å²) in [5.41, 5.74) is 1.09. The Hall–Kier alpha value is -2.58. The van der Waals surface area contributed by atoms with Crippen LogP contribution in [0.3, 0.4) is 0 Å². The Morgan fingerprint density at radius 1 is 0.921 bits per heavy atom. The molecule has 0 N–H and O–H groups in total. The third-order valence-electron chi connectivity index (χ3n) is 8.57. The number of carbonyl (C=O) groups is 1.